The molecular weight excluding hydrogens is 216 g/mol. The number of Topliss-reactive ketones (excluding diaryl/α,β-unsaturated/α-hetero) is 1. The second-order valence-electron chi connectivity index (χ2n) is 4.39. The van der Waals surface area contributed by atoms with Gasteiger partial charge in [-0.15, -0.1) is 0 Å². The molecule has 1 unspecified atom stereocenters. The summed E-state index contributed by atoms with van der Waals surface area (Å²) in [5, 5.41) is 0. The molecule has 1 atom stereocenters. The fourth-order valence-electron chi connectivity index (χ4n) is 1.86. The summed E-state index contributed by atoms with van der Waals surface area (Å²) in [5.41, 5.74) is 0.956. The number of hydrogen-bond donors (Lipinski definition) is 0. The van der Waals surface area contributed by atoms with Crippen LogP contribution in [0.25, 0.3) is 0 Å². The summed E-state index contributed by atoms with van der Waals surface area (Å²) in [6.45, 7) is 3.97. The van der Waals surface area contributed by atoms with Crippen molar-refractivity contribution >= 4 is 5.78 Å². The molecule has 0 N–H and O–H groups in total. The van der Waals surface area contributed by atoms with Crippen LogP contribution in [0.1, 0.15) is 19.4 Å². The molecule has 17 heavy (non-hydrogen) atoms. The molecule has 0 saturated heterocycles. The highest BCUT2D eigenvalue weighted by atomic mass is 16.5. The molecule has 0 bridgehead atoms. The van der Waals surface area contributed by atoms with Crippen molar-refractivity contribution < 1.29 is 14.3 Å². The lowest BCUT2D eigenvalue weighted by Gasteiger charge is -2.17. The van der Waals surface area contributed by atoms with Crippen molar-refractivity contribution in [2.24, 2.45) is 5.92 Å². The third-order valence-electron chi connectivity index (χ3n) is 2.69. The fraction of sp³-hybridized carbons (Fsp3) is 0.500. The van der Waals surface area contributed by atoms with Crippen LogP contribution in [0.5, 0.6) is 5.75 Å². The molecule has 1 rings (SSSR count). The molecule has 0 radical (unpaired) electrons. The normalized spacial score (nSPS) is 12.5. The summed E-state index contributed by atoms with van der Waals surface area (Å²) in [6.07, 6.45) is 0.0506. The van der Waals surface area contributed by atoms with Crippen molar-refractivity contribution in [2.45, 2.75) is 26.4 Å². The van der Waals surface area contributed by atoms with E-state index >= 15 is 0 Å². The Balaban J connectivity index is 2.72. The monoisotopic (exact) mass is 236 g/mol. The van der Waals surface area contributed by atoms with E-state index in [-0.39, 0.29) is 17.8 Å². The number of methoxy groups -OCH3 is 2. The molecule has 0 spiro atoms. The van der Waals surface area contributed by atoms with Gasteiger partial charge in [0.2, 0.25) is 0 Å². The smallest absolute Gasteiger partial charge is 0.166 e. The number of carbonyl (C=O) groups is 1. The predicted molar refractivity (Wildman–Crippen MR) is 67.3 cm³/mol. The molecule has 0 saturated carbocycles. The van der Waals surface area contributed by atoms with Gasteiger partial charge in [0.15, 0.2) is 5.78 Å². The maximum Gasteiger partial charge on any atom is 0.166 e. The second kappa shape index (κ2) is 6.40. The van der Waals surface area contributed by atoms with Crippen molar-refractivity contribution in [1.82, 2.24) is 0 Å². The van der Waals surface area contributed by atoms with Crippen LogP contribution in [0.4, 0.5) is 0 Å². The van der Waals surface area contributed by atoms with E-state index in [0.29, 0.717) is 6.42 Å². The Labute approximate surface area is 103 Å². The van der Waals surface area contributed by atoms with Crippen LogP contribution >= 0.6 is 0 Å². The largest absolute Gasteiger partial charge is 0.497 e. The van der Waals surface area contributed by atoms with Gasteiger partial charge < -0.3 is 9.47 Å². The van der Waals surface area contributed by atoms with E-state index in [2.05, 4.69) is 0 Å². The lowest BCUT2D eigenvalue weighted by molar-refractivity contribution is -0.130. The molecular formula is C14H20O3. The average molecular weight is 236 g/mol. The Kier molecular flexibility index (Phi) is 5.16. The molecule has 94 valence electrons. The molecule has 0 aliphatic carbocycles. The van der Waals surface area contributed by atoms with Gasteiger partial charge in [0.25, 0.3) is 0 Å². The Hall–Kier alpha value is -1.35. The quantitative estimate of drug-likeness (QED) is 0.761. The van der Waals surface area contributed by atoms with E-state index in [0.717, 1.165) is 11.3 Å². The number of ether oxygens (including phenoxy) is 2. The van der Waals surface area contributed by atoms with Gasteiger partial charge in [-0.05, 0) is 23.6 Å². The highest BCUT2D eigenvalue weighted by molar-refractivity contribution is 5.85. The van der Waals surface area contributed by atoms with Gasteiger partial charge >= 0.3 is 0 Å². The van der Waals surface area contributed by atoms with Crippen molar-refractivity contribution in [3.8, 4) is 5.75 Å². The third-order valence-corrected chi connectivity index (χ3v) is 2.69. The molecule has 0 fully saturated rings. The summed E-state index contributed by atoms with van der Waals surface area (Å²) in [6, 6.07) is 7.56. The zero-order valence-electron chi connectivity index (χ0n) is 10.9. The summed E-state index contributed by atoms with van der Waals surface area (Å²) in [4.78, 5) is 12.0. The van der Waals surface area contributed by atoms with Crippen molar-refractivity contribution in [1.29, 1.82) is 0 Å². The van der Waals surface area contributed by atoms with Crippen LogP contribution in [0.3, 0.4) is 0 Å². The van der Waals surface area contributed by atoms with E-state index in [1.807, 2.05) is 38.1 Å². The topological polar surface area (TPSA) is 35.5 Å². The van der Waals surface area contributed by atoms with Gasteiger partial charge in [-0.2, -0.15) is 0 Å². The molecule has 0 amide bonds. The number of ketones is 1. The minimum Gasteiger partial charge on any atom is -0.497 e. The van der Waals surface area contributed by atoms with E-state index < -0.39 is 0 Å². The van der Waals surface area contributed by atoms with Crippen LogP contribution in [-0.4, -0.2) is 26.1 Å². The van der Waals surface area contributed by atoms with E-state index in [4.69, 9.17) is 9.47 Å². The Bertz CT molecular complexity index is 371. The second-order valence-corrected chi connectivity index (χ2v) is 4.39. The summed E-state index contributed by atoms with van der Waals surface area (Å²) < 4.78 is 10.3. The SMILES string of the molecule is COc1cccc(CC(=O)C(OC)C(C)C)c1. The molecule has 1 aromatic rings. The summed E-state index contributed by atoms with van der Waals surface area (Å²) >= 11 is 0. The number of carbonyl (C=O) groups excluding carboxylic acids is 1. The average Bonchev–Trinajstić information content (AvgIpc) is 2.29. The minimum atomic E-state index is -0.332. The third kappa shape index (κ3) is 3.86. The van der Waals surface area contributed by atoms with Crippen molar-refractivity contribution in [2.75, 3.05) is 14.2 Å². The van der Waals surface area contributed by atoms with Gasteiger partial charge in [-0.3, -0.25) is 4.79 Å². The lowest BCUT2D eigenvalue weighted by Crippen LogP contribution is -2.29. The first-order valence-electron chi connectivity index (χ1n) is 5.77. The first-order chi connectivity index (χ1) is 8.08. The minimum absolute atomic E-state index is 0.107. The van der Waals surface area contributed by atoms with Crippen LogP contribution < -0.4 is 4.74 Å². The highest BCUT2D eigenvalue weighted by Crippen LogP contribution is 2.15. The first-order valence-corrected chi connectivity index (χ1v) is 5.77. The summed E-state index contributed by atoms with van der Waals surface area (Å²) in [5.74, 6) is 1.07. The van der Waals surface area contributed by atoms with Crippen molar-refractivity contribution in [3.05, 3.63) is 29.8 Å². The number of hydrogen-bond acceptors (Lipinski definition) is 3. The first kappa shape index (κ1) is 13.7. The number of rotatable bonds is 6. The van der Waals surface area contributed by atoms with Gasteiger partial charge in [0.1, 0.15) is 11.9 Å². The zero-order chi connectivity index (χ0) is 12.8. The van der Waals surface area contributed by atoms with Gasteiger partial charge in [0, 0.05) is 13.5 Å². The van der Waals surface area contributed by atoms with Crippen LogP contribution in [0.2, 0.25) is 0 Å². The molecule has 0 aliphatic heterocycles. The molecule has 1 aromatic carbocycles. The molecule has 0 heterocycles. The highest BCUT2D eigenvalue weighted by Gasteiger charge is 2.21. The Morgan fingerprint density at radius 1 is 1.29 bits per heavy atom. The molecule has 3 heteroatoms. The lowest BCUT2D eigenvalue weighted by atomic mass is 9.98. The predicted octanol–water partition coefficient (Wildman–Crippen LogP) is 2.48. The molecule has 0 aromatic heterocycles. The standard InChI is InChI=1S/C14H20O3/c1-10(2)14(17-4)13(15)9-11-6-5-7-12(8-11)16-3/h5-8,10,14H,9H2,1-4H3. The maximum absolute atomic E-state index is 12.0. The Morgan fingerprint density at radius 2 is 2.00 bits per heavy atom. The van der Waals surface area contributed by atoms with Gasteiger partial charge in [-0.25, -0.2) is 0 Å². The van der Waals surface area contributed by atoms with E-state index in [1.165, 1.54) is 0 Å². The van der Waals surface area contributed by atoms with Crippen LogP contribution in [-0.2, 0) is 16.0 Å². The fourth-order valence-corrected chi connectivity index (χ4v) is 1.86. The van der Waals surface area contributed by atoms with E-state index in [1.54, 1.807) is 14.2 Å². The van der Waals surface area contributed by atoms with Crippen LogP contribution in [0.15, 0.2) is 24.3 Å². The van der Waals surface area contributed by atoms with Gasteiger partial charge in [-0.1, -0.05) is 26.0 Å². The molecule has 3 nitrogen and oxygen atoms in total. The maximum atomic E-state index is 12.0. The van der Waals surface area contributed by atoms with Crippen molar-refractivity contribution in [3.63, 3.8) is 0 Å². The summed E-state index contributed by atoms with van der Waals surface area (Å²) in [7, 11) is 3.20. The van der Waals surface area contributed by atoms with Crippen LogP contribution in [0, 0.1) is 5.92 Å². The molecule has 0 aliphatic rings. The van der Waals surface area contributed by atoms with Gasteiger partial charge in [0.05, 0.1) is 7.11 Å². The Morgan fingerprint density at radius 3 is 2.53 bits per heavy atom. The zero-order valence-corrected chi connectivity index (χ0v) is 10.9. The number of benzene rings is 1. The van der Waals surface area contributed by atoms with E-state index in [9.17, 15) is 4.79 Å².